The van der Waals surface area contributed by atoms with Crippen LogP contribution >= 0.6 is 11.6 Å². The van der Waals surface area contributed by atoms with Crippen molar-refractivity contribution >= 4 is 29.4 Å². The molecule has 8 heteroatoms. The minimum Gasteiger partial charge on any atom is -0.481 e. The topological polar surface area (TPSA) is 93.8 Å². The standard InChI is InChI=1S/C16H14ClN3O4/c1-11(24-15-8-4-13(17)5-9-15)16(21)19-18-10-12-2-6-14(7-3-12)20(22)23/h2-11H,1H3,(H,19,21). The summed E-state index contributed by atoms with van der Waals surface area (Å²) in [7, 11) is 0. The summed E-state index contributed by atoms with van der Waals surface area (Å²) in [6.07, 6.45) is 0.636. The molecule has 2 aromatic carbocycles. The normalized spacial score (nSPS) is 11.9. The molecule has 1 amide bonds. The van der Waals surface area contributed by atoms with Crippen molar-refractivity contribution in [3.05, 3.63) is 69.2 Å². The Labute approximate surface area is 143 Å². The monoisotopic (exact) mass is 347 g/mol. The number of non-ortho nitro benzene ring substituents is 1. The third-order valence-corrected chi connectivity index (χ3v) is 3.24. The first-order valence-corrected chi connectivity index (χ1v) is 7.33. The third-order valence-electron chi connectivity index (χ3n) is 2.99. The highest BCUT2D eigenvalue weighted by molar-refractivity contribution is 6.30. The fourth-order valence-corrected chi connectivity index (χ4v) is 1.84. The number of hydrazone groups is 1. The van der Waals surface area contributed by atoms with Crippen LogP contribution in [0.5, 0.6) is 5.75 Å². The fourth-order valence-electron chi connectivity index (χ4n) is 1.71. The van der Waals surface area contributed by atoms with Gasteiger partial charge in [0.1, 0.15) is 5.75 Å². The van der Waals surface area contributed by atoms with Gasteiger partial charge in [0.15, 0.2) is 6.10 Å². The molecular formula is C16H14ClN3O4. The second kappa shape index (κ2) is 8.07. The molecule has 24 heavy (non-hydrogen) atoms. The van der Waals surface area contributed by atoms with E-state index in [0.717, 1.165) is 0 Å². The van der Waals surface area contributed by atoms with Crippen LogP contribution in [0.25, 0.3) is 0 Å². The van der Waals surface area contributed by atoms with Crippen LogP contribution in [0.15, 0.2) is 53.6 Å². The lowest BCUT2D eigenvalue weighted by Gasteiger charge is -2.12. The maximum atomic E-state index is 11.9. The van der Waals surface area contributed by atoms with Crippen molar-refractivity contribution in [1.82, 2.24) is 5.43 Å². The summed E-state index contributed by atoms with van der Waals surface area (Å²) >= 11 is 5.77. The molecule has 0 fully saturated rings. The number of carbonyl (C=O) groups is 1. The zero-order chi connectivity index (χ0) is 17.5. The Morgan fingerprint density at radius 3 is 2.46 bits per heavy atom. The van der Waals surface area contributed by atoms with Gasteiger partial charge in [-0.25, -0.2) is 5.43 Å². The molecule has 0 aromatic heterocycles. The Bertz CT molecular complexity index is 745. The molecule has 2 aromatic rings. The van der Waals surface area contributed by atoms with Gasteiger partial charge < -0.3 is 4.74 Å². The lowest BCUT2D eigenvalue weighted by atomic mass is 10.2. The van der Waals surface area contributed by atoms with E-state index in [9.17, 15) is 14.9 Å². The third kappa shape index (κ3) is 5.06. The predicted molar refractivity (Wildman–Crippen MR) is 90.4 cm³/mol. The molecule has 0 heterocycles. The van der Waals surface area contributed by atoms with Crippen molar-refractivity contribution in [1.29, 1.82) is 0 Å². The molecule has 0 bridgehead atoms. The summed E-state index contributed by atoms with van der Waals surface area (Å²) in [5.41, 5.74) is 2.95. The van der Waals surface area contributed by atoms with Gasteiger partial charge in [-0.3, -0.25) is 14.9 Å². The van der Waals surface area contributed by atoms with Gasteiger partial charge in [-0.05, 0) is 48.9 Å². The second-order valence-corrected chi connectivity index (χ2v) is 5.23. The SMILES string of the molecule is CC(Oc1ccc(Cl)cc1)C(=O)NN=Cc1ccc([N+](=O)[O-])cc1. The van der Waals surface area contributed by atoms with Crippen molar-refractivity contribution in [2.45, 2.75) is 13.0 Å². The Kier molecular flexibility index (Phi) is 5.86. The van der Waals surface area contributed by atoms with Crippen molar-refractivity contribution in [2.24, 2.45) is 5.10 Å². The minimum atomic E-state index is -0.750. The summed E-state index contributed by atoms with van der Waals surface area (Å²) in [4.78, 5) is 21.9. The number of amides is 1. The smallest absolute Gasteiger partial charge is 0.280 e. The Hall–Kier alpha value is -2.93. The molecule has 1 N–H and O–H groups in total. The van der Waals surface area contributed by atoms with Crippen LogP contribution in [-0.2, 0) is 4.79 Å². The van der Waals surface area contributed by atoms with Crippen LogP contribution in [0.2, 0.25) is 5.02 Å². The first kappa shape index (κ1) is 17.4. The van der Waals surface area contributed by atoms with E-state index in [1.54, 1.807) is 31.2 Å². The molecule has 0 aliphatic carbocycles. The largest absolute Gasteiger partial charge is 0.481 e. The highest BCUT2D eigenvalue weighted by Gasteiger charge is 2.13. The molecular weight excluding hydrogens is 334 g/mol. The molecule has 0 aliphatic rings. The van der Waals surface area contributed by atoms with Gasteiger partial charge >= 0.3 is 0 Å². The van der Waals surface area contributed by atoms with Crippen molar-refractivity contribution in [3.63, 3.8) is 0 Å². The fraction of sp³-hybridized carbons (Fsp3) is 0.125. The number of nitrogens with one attached hydrogen (secondary N) is 1. The zero-order valence-electron chi connectivity index (χ0n) is 12.7. The minimum absolute atomic E-state index is 0.0128. The van der Waals surface area contributed by atoms with Gasteiger partial charge in [-0.15, -0.1) is 0 Å². The van der Waals surface area contributed by atoms with E-state index in [2.05, 4.69) is 10.5 Å². The van der Waals surface area contributed by atoms with Gasteiger partial charge in [0.05, 0.1) is 11.1 Å². The first-order valence-electron chi connectivity index (χ1n) is 6.95. The van der Waals surface area contributed by atoms with E-state index in [4.69, 9.17) is 16.3 Å². The van der Waals surface area contributed by atoms with Crippen LogP contribution in [0.4, 0.5) is 5.69 Å². The van der Waals surface area contributed by atoms with E-state index in [1.165, 1.54) is 30.5 Å². The highest BCUT2D eigenvalue weighted by atomic mass is 35.5. The van der Waals surface area contributed by atoms with Crippen molar-refractivity contribution in [3.8, 4) is 5.75 Å². The Balaban J connectivity index is 1.87. The van der Waals surface area contributed by atoms with E-state index >= 15 is 0 Å². The molecule has 0 aliphatic heterocycles. The number of nitro benzene ring substituents is 1. The van der Waals surface area contributed by atoms with Crippen molar-refractivity contribution in [2.75, 3.05) is 0 Å². The van der Waals surface area contributed by atoms with Crippen LogP contribution in [0, 0.1) is 10.1 Å². The van der Waals surface area contributed by atoms with E-state index in [0.29, 0.717) is 16.3 Å². The average molecular weight is 348 g/mol. The lowest BCUT2D eigenvalue weighted by Crippen LogP contribution is -2.33. The highest BCUT2D eigenvalue weighted by Crippen LogP contribution is 2.16. The van der Waals surface area contributed by atoms with Gasteiger partial charge in [0.25, 0.3) is 11.6 Å². The molecule has 1 atom stereocenters. The number of rotatable bonds is 6. The number of hydrogen-bond acceptors (Lipinski definition) is 5. The summed E-state index contributed by atoms with van der Waals surface area (Å²) in [5, 5.41) is 14.9. The molecule has 0 spiro atoms. The summed E-state index contributed by atoms with van der Waals surface area (Å²) in [5.74, 6) is 0.0875. The average Bonchev–Trinajstić information content (AvgIpc) is 2.57. The van der Waals surface area contributed by atoms with E-state index in [1.807, 2.05) is 0 Å². The van der Waals surface area contributed by atoms with Crippen LogP contribution in [0.3, 0.4) is 0 Å². The van der Waals surface area contributed by atoms with Crippen LogP contribution in [-0.4, -0.2) is 23.1 Å². The van der Waals surface area contributed by atoms with Crippen LogP contribution < -0.4 is 10.2 Å². The Morgan fingerprint density at radius 1 is 1.25 bits per heavy atom. The lowest BCUT2D eigenvalue weighted by molar-refractivity contribution is -0.384. The summed E-state index contributed by atoms with van der Waals surface area (Å²) < 4.78 is 5.46. The number of carbonyl (C=O) groups excluding carboxylic acids is 1. The second-order valence-electron chi connectivity index (χ2n) is 4.80. The van der Waals surface area contributed by atoms with E-state index < -0.39 is 16.9 Å². The number of hydrogen-bond donors (Lipinski definition) is 1. The Morgan fingerprint density at radius 2 is 1.88 bits per heavy atom. The summed E-state index contributed by atoms with van der Waals surface area (Å²) in [6.45, 7) is 1.59. The number of nitrogens with zero attached hydrogens (tertiary/aromatic N) is 2. The van der Waals surface area contributed by atoms with Gasteiger partial charge in [-0.1, -0.05) is 11.6 Å². The molecule has 1 unspecified atom stereocenters. The number of halogens is 1. The van der Waals surface area contributed by atoms with Gasteiger partial charge in [-0.2, -0.15) is 5.10 Å². The molecule has 0 saturated heterocycles. The molecule has 0 radical (unpaired) electrons. The number of ether oxygens (including phenoxy) is 1. The maximum Gasteiger partial charge on any atom is 0.280 e. The molecule has 0 saturated carbocycles. The quantitative estimate of drug-likeness (QED) is 0.493. The number of nitro groups is 1. The zero-order valence-corrected chi connectivity index (χ0v) is 13.4. The first-order chi connectivity index (χ1) is 11.5. The maximum absolute atomic E-state index is 11.9. The van der Waals surface area contributed by atoms with E-state index in [-0.39, 0.29) is 5.69 Å². The van der Waals surface area contributed by atoms with Crippen molar-refractivity contribution < 1.29 is 14.5 Å². The molecule has 2 rings (SSSR count). The van der Waals surface area contributed by atoms with Gasteiger partial charge in [0.2, 0.25) is 0 Å². The van der Waals surface area contributed by atoms with Gasteiger partial charge in [0, 0.05) is 17.2 Å². The molecule has 7 nitrogen and oxygen atoms in total. The van der Waals surface area contributed by atoms with Crippen LogP contribution in [0.1, 0.15) is 12.5 Å². The molecule has 124 valence electrons. The number of benzene rings is 2. The predicted octanol–water partition coefficient (Wildman–Crippen LogP) is 3.17. The summed E-state index contributed by atoms with van der Waals surface area (Å²) in [6, 6.07) is 12.4.